The monoisotopic (exact) mass is 497 g/mol. The summed E-state index contributed by atoms with van der Waals surface area (Å²) in [5.74, 6) is 0.128. The lowest BCUT2D eigenvalue weighted by Crippen LogP contribution is -2.49. The first-order valence-electron chi connectivity index (χ1n) is 8.17. The molecular weight excluding hydrogens is 482 g/mol. The van der Waals surface area contributed by atoms with Crippen LogP contribution in [0.15, 0.2) is 53.0 Å². The molecule has 0 aliphatic heterocycles. The highest BCUT2D eigenvalue weighted by Crippen LogP contribution is 2.27. The summed E-state index contributed by atoms with van der Waals surface area (Å²) in [5.41, 5.74) is 5.55. The molecule has 0 spiro atoms. The van der Waals surface area contributed by atoms with E-state index in [0.717, 1.165) is 15.8 Å². The minimum absolute atomic E-state index is 0.0654. The Morgan fingerprint density at radius 1 is 1.17 bits per heavy atom. The van der Waals surface area contributed by atoms with Crippen LogP contribution >= 0.6 is 39.7 Å². The molecule has 0 aliphatic rings. The number of hydrogen-bond acceptors (Lipinski definition) is 5. The topological polar surface area (TPSA) is 88.7 Å². The fourth-order valence-electron chi connectivity index (χ4n) is 1.97. The maximum Gasteiger partial charge on any atom is 0.276 e. The molecule has 10 heteroatoms. The van der Waals surface area contributed by atoms with Crippen molar-refractivity contribution in [2.45, 2.75) is 0 Å². The first-order valence-corrected chi connectivity index (χ1v) is 9.75. The first kappa shape index (κ1) is 22.7. The largest absolute Gasteiger partial charge is 0.497 e. The van der Waals surface area contributed by atoms with Gasteiger partial charge in [0.1, 0.15) is 11.5 Å². The van der Waals surface area contributed by atoms with Crippen LogP contribution in [0.3, 0.4) is 0 Å². The predicted octanol–water partition coefficient (Wildman–Crippen LogP) is 3.23. The fraction of sp³-hybridized carbons (Fsp3) is 0.105. The maximum absolute atomic E-state index is 11.9. The summed E-state index contributed by atoms with van der Waals surface area (Å²) >= 11 is 14.2. The molecule has 0 fully saturated rings. The number of carbonyl (C=O) groups is 2. The van der Waals surface area contributed by atoms with Gasteiger partial charge >= 0.3 is 0 Å². The number of carbonyl (C=O) groups excluding carboxylic acids is 2. The van der Waals surface area contributed by atoms with Crippen LogP contribution in [0.4, 0.5) is 0 Å². The summed E-state index contributed by atoms with van der Waals surface area (Å²) in [4.78, 5) is 23.7. The maximum atomic E-state index is 11.9. The van der Waals surface area contributed by atoms with Crippen LogP contribution in [0.1, 0.15) is 5.56 Å². The smallest absolute Gasteiger partial charge is 0.276 e. The predicted molar refractivity (Wildman–Crippen MR) is 119 cm³/mol. The number of thiocarbonyl (C=S) groups is 1. The highest BCUT2D eigenvalue weighted by molar-refractivity contribution is 9.10. The number of methoxy groups -OCH3 is 1. The lowest BCUT2D eigenvalue weighted by molar-refractivity contribution is -0.123. The Bertz CT molecular complexity index is 922. The number of benzene rings is 2. The summed E-state index contributed by atoms with van der Waals surface area (Å²) in [6.45, 7) is -0.289. The van der Waals surface area contributed by atoms with Crippen molar-refractivity contribution in [1.82, 2.24) is 16.2 Å². The molecule has 29 heavy (non-hydrogen) atoms. The molecule has 0 aliphatic carbocycles. The van der Waals surface area contributed by atoms with Crippen LogP contribution in [0.5, 0.6) is 11.5 Å². The number of ether oxygens (including phenoxy) is 2. The quantitative estimate of drug-likeness (QED) is 0.322. The van der Waals surface area contributed by atoms with E-state index < -0.39 is 11.8 Å². The van der Waals surface area contributed by atoms with Crippen molar-refractivity contribution < 1.29 is 19.1 Å². The molecule has 2 rings (SSSR count). The minimum atomic E-state index is -0.505. The third kappa shape index (κ3) is 8.10. The van der Waals surface area contributed by atoms with E-state index in [-0.39, 0.29) is 11.7 Å². The third-order valence-corrected chi connectivity index (χ3v) is 4.34. The van der Waals surface area contributed by atoms with Crippen LogP contribution in [-0.2, 0) is 9.59 Å². The normalized spacial score (nSPS) is 10.3. The number of hydrazine groups is 1. The summed E-state index contributed by atoms with van der Waals surface area (Å²) in [6.07, 6.45) is 2.93. The van der Waals surface area contributed by atoms with Crippen LogP contribution in [0.2, 0.25) is 5.02 Å². The van der Waals surface area contributed by atoms with E-state index in [0.29, 0.717) is 10.8 Å². The summed E-state index contributed by atoms with van der Waals surface area (Å²) < 4.78 is 11.2. The van der Waals surface area contributed by atoms with Crippen molar-refractivity contribution in [3.05, 3.63) is 63.6 Å². The molecule has 2 amide bonds. The molecule has 0 saturated heterocycles. The highest BCUT2D eigenvalue weighted by Gasteiger charge is 2.07. The standard InChI is InChI=1S/C19H17BrClN3O4S/c1-27-14-6-2-12(3-7-14)4-9-17(25)22-19(29)24-23-18(26)11-28-16-8-5-13(20)10-15(16)21/h2-10H,11H2,1H3,(H,23,26)(H2,22,24,25,29)/b9-4+. The lowest BCUT2D eigenvalue weighted by atomic mass is 10.2. The molecule has 2 aromatic carbocycles. The molecule has 0 saturated carbocycles. The average Bonchev–Trinajstić information content (AvgIpc) is 2.70. The molecule has 2 aromatic rings. The second kappa shape index (κ2) is 11.4. The van der Waals surface area contributed by atoms with Crippen LogP contribution < -0.4 is 25.6 Å². The summed E-state index contributed by atoms with van der Waals surface area (Å²) in [6, 6.07) is 12.2. The van der Waals surface area contributed by atoms with Gasteiger partial charge in [0, 0.05) is 10.5 Å². The van der Waals surface area contributed by atoms with E-state index in [1.54, 1.807) is 55.7 Å². The van der Waals surface area contributed by atoms with Crippen LogP contribution in [0, 0.1) is 0 Å². The van der Waals surface area contributed by atoms with Gasteiger partial charge in [-0.2, -0.15) is 0 Å². The van der Waals surface area contributed by atoms with Crippen molar-refractivity contribution in [3.8, 4) is 11.5 Å². The van der Waals surface area contributed by atoms with Gasteiger partial charge in [-0.05, 0) is 54.2 Å². The van der Waals surface area contributed by atoms with Gasteiger partial charge in [0.05, 0.1) is 12.1 Å². The average molecular weight is 499 g/mol. The molecule has 152 valence electrons. The van der Waals surface area contributed by atoms with Crippen molar-refractivity contribution in [2.75, 3.05) is 13.7 Å². The Kier molecular flexibility index (Phi) is 8.91. The molecule has 0 aromatic heterocycles. The Morgan fingerprint density at radius 2 is 1.90 bits per heavy atom. The van der Waals surface area contributed by atoms with Gasteiger partial charge in [-0.3, -0.25) is 25.8 Å². The SMILES string of the molecule is COc1ccc(/C=C/C(=O)NC(=S)NNC(=O)COc2ccc(Br)cc2Cl)cc1. The van der Waals surface area contributed by atoms with E-state index >= 15 is 0 Å². The van der Waals surface area contributed by atoms with Gasteiger partial charge < -0.3 is 9.47 Å². The molecule has 3 N–H and O–H groups in total. The second-order valence-corrected chi connectivity index (χ2v) is 7.19. The second-order valence-electron chi connectivity index (χ2n) is 5.46. The Balaban J connectivity index is 1.71. The zero-order chi connectivity index (χ0) is 21.2. The minimum Gasteiger partial charge on any atom is -0.497 e. The molecule has 0 unspecified atom stereocenters. The number of hydrogen-bond donors (Lipinski definition) is 3. The number of halogens is 2. The number of rotatable bonds is 6. The van der Waals surface area contributed by atoms with E-state index in [1.165, 1.54) is 6.08 Å². The van der Waals surface area contributed by atoms with Crippen molar-refractivity contribution in [1.29, 1.82) is 0 Å². The third-order valence-electron chi connectivity index (χ3n) is 3.35. The summed E-state index contributed by atoms with van der Waals surface area (Å²) in [5, 5.41) is 2.71. The molecule has 7 nitrogen and oxygen atoms in total. The van der Waals surface area contributed by atoms with Crippen molar-refractivity contribution in [3.63, 3.8) is 0 Å². The molecule has 0 radical (unpaired) electrons. The molecule has 0 bridgehead atoms. The number of amides is 2. The van der Waals surface area contributed by atoms with Crippen LogP contribution in [0.25, 0.3) is 6.08 Å². The van der Waals surface area contributed by atoms with E-state index in [9.17, 15) is 9.59 Å². The highest BCUT2D eigenvalue weighted by atomic mass is 79.9. The molecular formula is C19H17BrClN3O4S. The Labute approximate surface area is 186 Å². The molecule has 0 heterocycles. The zero-order valence-corrected chi connectivity index (χ0v) is 18.4. The zero-order valence-electron chi connectivity index (χ0n) is 15.2. The Hall–Kier alpha value is -2.62. The van der Waals surface area contributed by atoms with E-state index in [4.69, 9.17) is 33.3 Å². The van der Waals surface area contributed by atoms with Gasteiger partial charge in [-0.1, -0.05) is 39.7 Å². The first-order chi connectivity index (χ1) is 13.9. The molecule has 0 atom stereocenters. The Morgan fingerprint density at radius 3 is 2.55 bits per heavy atom. The van der Waals surface area contributed by atoms with Gasteiger partial charge in [-0.15, -0.1) is 0 Å². The fourth-order valence-corrected chi connectivity index (χ4v) is 2.85. The van der Waals surface area contributed by atoms with Crippen molar-refractivity contribution in [2.24, 2.45) is 0 Å². The van der Waals surface area contributed by atoms with Gasteiger partial charge in [0.25, 0.3) is 5.91 Å². The van der Waals surface area contributed by atoms with Gasteiger partial charge in [0.15, 0.2) is 11.7 Å². The van der Waals surface area contributed by atoms with Gasteiger partial charge in [-0.25, -0.2) is 0 Å². The van der Waals surface area contributed by atoms with Gasteiger partial charge in [0.2, 0.25) is 5.91 Å². The van der Waals surface area contributed by atoms with Crippen LogP contribution in [-0.4, -0.2) is 30.6 Å². The van der Waals surface area contributed by atoms with E-state index in [2.05, 4.69) is 32.1 Å². The number of nitrogens with one attached hydrogen (secondary N) is 3. The summed E-state index contributed by atoms with van der Waals surface area (Å²) in [7, 11) is 1.58. The van der Waals surface area contributed by atoms with Crippen molar-refractivity contribution >= 4 is 62.8 Å². The van der Waals surface area contributed by atoms with E-state index in [1.807, 2.05) is 0 Å². The lowest BCUT2D eigenvalue weighted by Gasteiger charge is -2.11.